The molecule has 0 bridgehead atoms. The number of hydrogen-bond acceptors (Lipinski definition) is 10. The molecule has 2 aliphatic rings. The van der Waals surface area contributed by atoms with E-state index in [0.717, 1.165) is 67.3 Å². The third-order valence-corrected chi connectivity index (χ3v) is 11.4. The van der Waals surface area contributed by atoms with Crippen LogP contribution >= 0.6 is 0 Å². The minimum Gasteiger partial charge on any atom is -0.443 e. The lowest BCUT2D eigenvalue weighted by Gasteiger charge is -2.13. The van der Waals surface area contributed by atoms with Crippen LogP contribution in [0.1, 0.15) is 46.2 Å². The molecule has 2 saturated heterocycles. The summed E-state index contributed by atoms with van der Waals surface area (Å²) < 4.78 is 10.7. The summed E-state index contributed by atoms with van der Waals surface area (Å²) in [4.78, 5) is 85.4. The van der Waals surface area contributed by atoms with Crippen molar-refractivity contribution in [3.63, 3.8) is 0 Å². The van der Waals surface area contributed by atoms with Gasteiger partial charge in [-0.25, -0.2) is 19.2 Å². The summed E-state index contributed by atoms with van der Waals surface area (Å²) in [6, 6.07) is 28.3. The number of amides is 6. The number of fused-ring (bicyclic) bond motifs is 2. The third kappa shape index (κ3) is 10.2. The quantitative estimate of drug-likeness (QED) is 0.0300. The van der Waals surface area contributed by atoms with Gasteiger partial charge >= 0.3 is 24.0 Å². The number of rotatable bonds is 18. The van der Waals surface area contributed by atoms with Gasteiger partial charge in [-0.15, -0.1) is 0 Å². The largest absolute Gasteiger partial charge is 0.443 e. The second-order valence-electron chi connectivity index (χ2n) is 16.0. The number of benzene rings is 4. The van der Waals surface area contributed by atoms with Gasteiger partial charge in [-0.1, -0.05) is 72.8 Å². The summed E-state index contributed by atoms with van der Waals surface area (Å²) >= 11 is 0. The van der Waals surface area contributed by atoms with Gasteiger partial charge in [0.05, 0.1) is 13.1 Å². The zero-order valence-corrected chi connectivity index (χ0v) is 34.8. The predicted molar refractivity (Wildman–Crippen MR) is 237 cm³/mol. The van der Waals surface area contributed by atoms with Gasteiger partial charge in [0, 0.05) is 59.2 Å². The van der Waals surface area contributed by atoms with E-state index in [1.165, 1.54) is 9.80 Å². The molecule has 6 amide bonds. The number of imide groups is 2. The molecule has 16 heteroatoms. The number of carbonyl (C=O) groups is 6. The number of hydrogen-bond donors (Lipinski definition) is 6. The van der Waals surface area contributed by atoms with Crippen molar-refractivity contribution in [2.24, 2.45) is 11.5 Å². The highest BCUT2D eigenvalue weighted by molar-refractivity contribution is 6.04. The van der Waals surface area contributed by atoms with E-state index in [1.807, 2.05) is 97.1 Å². The Hall–Kier alpha value is -7.56. The van der Waals surface area contributed by atoms with E-state index in [4.69, 9.17) is 20.9 Å². The molecule has 328 valence electrons. The molecule has 64 heavy (non-hydrogen) atoms. The van der Waals surface area contributed by atoms with Crippen LogP contribution in [0.5, 0.6) is 0 Å². The van der Waals surface area contributed by atoms with Crippen LogP contribution < -0.4 is 22.1 Å². The summed E-state index contributed by atoms with van der Waals surface area (Å²) in [5, 5.41) is 7.34. The summed E-state index contributed by atoms with van der Waals surface area (Å²) in [6.45, 7) is 0.423. The van der Waals surface area contributed by atoms with E-state index in [-0.39, 0.29) is 37.7 Å². The van der Waals surface area contributed by atoms with Crippen molar-refractivity contribution in [1.82, 2.24) is 30.4 Å². The Labute approximate surface area is 367 Å². The van der Waals surface area contributed by atoms with Crippen LogP contribution in [0.2, 0.25) is 0 Å². The van der Waals surface area contributed by atoms with Crippen molar-refractivity contribution in [2.75, 3.05) is 0 Å². The van der Waals surface area contributed by atoms with E-state index >= 15 is 0 Å². The summed E-state index contributed by atoms with van der Waals surface area (Å²) in [5.41, 5.74) is 19.4. The lowest BCUT2D eigenvalue weighted by Crippen LogP contribution is -2.31. The van der Waals surface area contributed by atoms with Crippen molar-refractivity contribution >= 4 is 57.6 Å². The first-order chi connectivity index (χ1) is 31.0. The van der Waals surface area contributed by atoms with Gasteiger partial charge in [0.2, 0.25) is 0 Å². The van der Waals surface area contributed by atoms with Crippen molar-refractivity contribution in [2.45, 2.75) is 76.2 Å². The van der Waals surface area contributed by atoms with Gasteiger partial charge in [-0.05, 0) is 83.3 Å². The summed E-state index contributed by atoms with van der Waals surface area (Å²) in [6.07, 6.45) is 5.65. The molecule has 0 saturated carbocycles. The van der Waals surface area contributed by atoms with Crippen LogP contribution in [0.15, 0.2) is 122 Å². The van der Waals surface area contributed by atoms with E-state index in [0.29, 0.717) is 25.7 Å². The SMILES string of the molecule is NC(Cc1c[nH]c2ccc(CCC3NC(=O)N(Cc4ccccc4)C3=O)cc12)OC(=O)/C=C\C(=O)OC(N)Cc1c[nH]c2ccc(CCC3NC(=O)N(Cc4ccccc4)C3=O)cc12. The first-order valence-corrected chi connectivity index (χ1v) is 21.1. The van der Waals surface area contributed by atoms with Gasteiger partial charge < -0.3 is 30.1 Å². The molecular weight excluding hydrogens is 817 g/mol. The average molecular weight is 865 g/mol. The Kier molecular flexibility index (Phi) is 12.9. The van der Waals surface area contributed by atoms with E-state index in [9.17, 15) is 28.8 Å². The average Bonchev–Trinajstić information content (AvgIpc) is 4.02. The maximum Gasteiger partial charge on any atom is 0.332 e. The highest BCUT2D eigenvalue weighted by Gasteiger charge is 2.38. The molecule has 16 nitrogen and oxygen atoms in total. The van der Waals surface area contributed by atoms with Gasteiger partial charge in [-0.3, -0.25) is 30.9 Å². The number of ether oxygens (including phenoxy) is 2. The Morgan fingerprint density at radius 2 is 0.984 bits per heavy atom. The van der Waals surface area contributed by atoms with Crippen molar-refractivity contribution in [3.8, 4) is 0 Å². The molecular formula is C48H48N8O8. The van der Waals surface area contributed by atoms with Gasteiger partial charge in [0.15, 0.2) is 12.5 Å². The topological polar surface area (TPSA) is 235 Å². The van der Waals surface area contributed by atoms with Gasteiger partial charge in [-0.2, -0.15) is 0 Å². The number of aryl methyl sites for hydroxylation is 2. The van der Waals surface area contributed by atoms with E-state index in [2.05, 4.69) is 20.6 Å². The standard InChI is InChI=1S/C48H48N8O8/c49-41(23-33-25-51-37-15-11-29(21-35(33)37)13-17-39-45(59)55(47(61)53-39)27-31-7-3-1-4-8-31)63-43(57)19-20-44(58)64-42(50)24-34-26-52-38-16-12-30(22-36(34)38)14-18-40-46(60)56(48(62)54-40)28-32-9-5-2-6-10-32/h1-12,15-16,19-22,25-26,39-42,51-52H,13-14,17-18,23-24,27-28,49-50H2,(H,53,61)(H,54,62)/b20-19-. The lowest BCUT2D eigenvalue weighted by molar-refractivity contribution is -0.145. The van der Waals surface area contributed by atoms with Crippen LogP contribution in [-0.2, 0) is 67.4 Å². The normalized spacial score (nSPS) is 17.3. The van der Waals surface area contributed by atoms with Gasteiger partial charge in [0.25, 0.3) is 11.8 Å². The number of esters is 2. The van der Waals surface area contributed by atoms with Crippen LogP contribution in [0.25, 0.3) is 21.8 Å². The number of aromatic amines is 2. The van der Waals surface area contributed by atoms with Crippen LogP contribution in [0.3, 0.4) is 0 Å². The Morgan fingerprint density at radius 3 is 1.39 bits per heavy atom. The molecule has 2 fully saturated rings. The zero-order valence-electron chi connectivity index (χ0n) is 34.8. The number of nitrogens with two attached hydrogens (primary N) is 2. The number of nitrogens with zero attached hydrogens (tertiary/aromatic N) is 2. The molecule has 4 aromatic carbocycles. The second-order valence-corrected chi connectivity index (χ2v) is 16.0. The fraction of sp³-hybridized carbons (Fsp3) is 0.250. The minimum atomic E-state index is -1.03. The molecule has 4 unspecified atom stereocenters. The van der Waals surface area contributed by atoms with Crippen molar-refractivity contribution in [3.05, 3.63) is 155 Å². The summed E-state index contributed by atoms with van der Waals surface area (Å²) in [5.74, 6) is -2.19. The van der Waals surface area contributed by atoms with E-state index < -0.39 is 48.5 Å². The Balaban J connectivity index is 0.783. The number of carbonyl (C=O) groups excluding carboxylic acids is 6. The van der Waals surface area contributed by atoms with Crippen LogP contribution in [0.4, 0.5) is 9.59 Å². The highest BCUT2D eigenvalue weighted by atomic mass is 16.6. The first kappa shape index (κ1) is 43.1. The number of urea groups is 2. The predicted octanol–water partition coefficient (Wildman–Crippen LogP) is 4.75. The molecule has 6 aromatic rings. The zero-order chi connectivity index (χ0) is 44.7. The Morgan fingerprint density at radius 1 is 0.578 bits per heavy atom. The second kappa shape index (κ2) is 19.2. The fourth-order valence-electron chi connectivity index (χ4n) is 8.13. The monoisotopic (exact) mass is 864 g/mol. The highest BCUT2D eigenvalue weighted by Crippen LogP contribution is 2.25. The smallest absolute Gasteiger partial charge is 0.332 e. The van der Waals surface area contributed by atoms with Crippen molar-refractivity contribution < 1.29 is 38.2 Å². The number of nitrogens with one attached hydrogen (secondary N) is 4. The van der Waals surface area contributed by atoms with Gasteiger partial charge in [0.1, 0.15) is 12.1 Å². The molecule has 0 spiro atoms. The minimum absolute atomic E-state index is 0.179. The summed E-state index contributed by atoms with van der Waals surface area (Å²) in [7, 11) is 0. The Bertz CT molecular complexity index is 2550. The molecule has 4 heterocycles. The molecule has 8 rings (SSSR count). The lowest BCUT2D eigenvalue weighted by atomic mass is 10.0. The first-order valence-electron chi connectivity index (χ1n) is 21.1. The molecule has 2 aliphatic heterocycles. The molecule has 0 radical (unpaired) electrons. The molecule has 8 N–H and O–H groups in total. The maximum atomic E-state index is 13.0. The molecule has 2 aromatic heterocycles. The third-order valence-electron chi connectivity index (χ3n) is 11.4. The van der Waals surface area contributed by atoms with Crippen LogP contribution in [-0.4, -0.2) is 80.1 Å². The molecule has 0 aliphatic carbocycles. The number of aromatic nitrogens is 2. The fourth-order valence-corrected chi connectivity index (χ4v) is 8.13. The van der Waals surface area contributed by atoms with Crippen molar-refractivity contribution in [1.29, 1.82) is 0 Å². The number of H-pyrrole nitrogens is 2. The molecule has 4 atom stereocenters. The van der Waals surface area contributed by atoms with Crippen LogP contribution in [0, 0.1) is 0 Å². The maximum absolute atomic E-state index is 13.0. The van der Waals surface area contributed by atoms with E-state index in [1.54, 1.807) is 12.4 Å².